The number of hydrogen-bond donors (Lipinski definition) is 1. The lowest BCUT2D eigenvalue weighted by molar-refractivity contribution is -0.0973. The molecule has 2 aliphatic heterocycles. The topological polar surface area (TPSA) is 68.2 Å². The molecule has 1 amide bonds. The lowest BCUT2D eigenvalue weighted by Crippen LogP contribution is -2.50. The summed E-state index contributed by atoms with van der Waals surface area (Å²) in [6, 6.07) is 14.0. The Hall–Kier alpha value is -2.35. The third-order valence-electron chi connectivity index (χ3n) is 7.94. The van der Waals surface area contributed by atoms with Crippen LogP contribution < -0.4 is 5.46 Å². The van der Waals surface area contributed by atoms with E-state index in [2.05, 4.69) is 53.7 Å². The van der Waals surface area contributed by atoms with Crippen LogP contribution in [0, 0.1) is 13.8 Å². The summed E-state index contributed by atoms with van der Waals surface area (Å²) in [5.41, 5.74) is 2.55. The van der Waals surface area contributed by atoms with Crippen LogP contribution >= 0.6 is 0 Å². The summed E-state index contributed by atoms with van der Waals surface area (Å²) in [6.07, 6.45) is 0.588. The number of amides is 1. The van der Waals surface area contributed by atoms with Gasteiger partial charge in [0.25, 0.3) is 0 Å². The van der Waals surface area contributed by atoms with Crippen LogP contribution in [0.4, 0.5) is 4.79 Å². The molecule has 2 saturated heterocycles. The first-order valence-electron chi connectivity index (χ1n) is 12.8. The highest BCUT2D eigenvalue weighted by molar-refractivity contribution is 6.62. The van der Waals surface area contributed by atoms with E-state index in [1.165, 1.54) is 0 Å². The van der Waals surface area contributed by atoms with E-state index in [-0.39, 0.29) is 6.09 Å². The number of cyclic esters (lactones) is 1. The Balaban J connectivity index is 1.53. The van der Waals surface area contributed by atoms with E-state index in [9.17, 15) is 9.90 Å². The van der Waals surface area contributed by atoms with Gasteiger partial charge in [-0.3, -0.25) is 0 Å². The number of hydrogen-bond acceptors (Lipinski definition) is 5. The zero-order chi connectivity index (χ0) is 26.5. The summed E-state index contributed by atoms with van der Waals surface area (Å²) in [7, 11) is -0.422. The maximum atomic E-state index is 13.3. The van der Waals surface area contributed by atoms with E-state index in [4.69, 9.17) is 14.0 Å². The second-order valence-corrected chi connectivity index (χ2v) is 12.1. The average Bonchev–Trinajstić information content (AvgIpc) is 2.98. The van der Waals surface area contributed by atoms with E-state index < -0.39 is 29.5 Å². The molecule has 1 N–H and O–H groups in total. The molecule has 0 bridgehead atoms. The molecule has 194 valence electrons. The zero-order valence-corrected chi connectivity index (χ0v) is 23.0. The maximum Gasteiger partial charge on any atom is 0.494 e. The van der Waals surface area contributed by atoms with Crippen molar-refractivity contribution in [1.82, 2.24) is 4.90 Å². The van der Waals surface area contributed by atoms with Gasteiger partial charge in [-0.25, -0.2) is 4.79 Å². The number of aryl methyl sites for hydroxylation is 2. The number of benzene rings is 2. The van der Waals surface area contributed by atoms with Gasteiger partial charge in [-0.2, -0.15) is 0 Å². The predicted octanol–water partition coefficient (Wildman–Crippen LogP) is 5.00. The molecule has 36 heavy (non-hydrogen) atoms. The second kappa shape index (κ2) is 9.19. The molecule has 0 radical (unpaired) electrons. The van der Waals surface area contributed by atoms with Crippen molar-refractivity contribution in [3.8, 4) is 0 Å². The Morgan fingerprint density at radius 1 is 1.00 bits per heavy atom. The normalized spacial score (nSPS) is 23.6. The molecule has 0 spiro atoms. The van der Waals surface area contributed by atoms with Gasteiger partial charge < -0.3 is 24.1 Å². The molecule has 2 aromatic rings. The van der Waals surface area contributed by atoms with Crippen molar-refractivity contribution in [2.45, 2.75) is 97.2 Å². The summed E-state index contributed by atoms with van der Waals surface area (Å²) >= 11 is 0. The molecule has 2 aromatic carbocycles. The molecule has 4 rings (SSSR count). The number of aliphatic hydroxyl groups is 1. The van der Waals surface area contributed by atoms with Gasteiger partial charge in [0, 0.05) is 25.9 Å². The molecular formula is C29H40BNO5. The van der Waals surface area contributed by atoms with Gasteiger partial charge in [-0.05, 0) is 83.1 Å². The van der Waals surface area contributed by atoms with Gasteiger partial charge in [-0.15, -0.1) is 0 Å². The molecule has 0 aromatic heterocycles. The van der Waals surface area contributed by atoms with Gasteiger partial charge >= 0.3 is 13.2 Å². The van der Waals surface area contributed by atoms with Crippen molar-refractivity contribution in [3.63, 3.8) is 0 Å². The minimum Gasteiger partial charge on any atom is -0.438 e. The lowest BCUT2D eigenvalue weighted by Gasteiger charge is -2.44. The van der Waals surface area contributed by atoms with Gasteiger partial charge in [0.15, 0.2) is 0 Å². The largest absolute Gasteiger partial charge is 0.494 e. The molecule has 2 fully saturated rings. The Labute approximate surface area is 216 Å². The standard InChI is InChI=1S/C29H40BNO5/c1-20-16-23(30-35-27(5,6)28(7,8)36-30)17-21(2)24(20)18-31-15-14-29(34-25(31)32,19-26(3,4)33)22-12-10-9-11-13-22/h9-13,16-17,33H,14-15,18-19H2,1-8H3. The number of carbonyl (C=O) groups excluding carboxylic acids is 1. The second-order valence-electron chi connectivity index (χ2n) is 12.1. The van der Waals surface area contributed by atoms with Crippen molar-refractivity contribution in [2.75, 3.05) is 6.54 Å². The Bertz CT molecular complexity index is 1090. The lowest BCUT2D eigenvalue weighted by atomic mass is 9.76. The fourth-order valence-electron chi connectivity index (χ4n) is 5.29. The van der Waals surface area contributed by atoms with Crippen LogP contribution in [0.5, 0.6) is 0 Å². The van der Waals surface area contributed by atoms with Gasteiger partial charge in [0.2, 0.25) is 0 Å². The van der Waals surface area contributed by atoms with E-state index in [0.29, 0.717) is 25.9 Å². The fourth-order valence-corrected chi connectivity index (χ4v) is 5.29. The third kappa shape index (κ3) is 5.20. The van der Waals surface area contributed by atoms with Gasteiger partial charge in [0.1, 0.15) is 5.60 Å². The minimum atomic E-state index is -0.977. The quantitative estimate of drug-likeness (QED) is 0.574. The highest BCUT2D eigenvalue weighted by Crippen LogP contribution is 2.41. The number of carbonyl (C=O) groups is 1. The van der Waals surface area contributed by atoms with E-state index in [1.54, 1.807) is 18.7 Å². The first-order chi connectivity index (χ1) is 16.6. The average molecular weight is 493 g/mol. The number of rotatable bonds is 6. The Kier molecular flexibility index (Phi) is 6.82. The van der Waals surface area contributed by atoms with Crippen molar-refractivity contribution < 1.29 is 23.9 Å². The van der Waals surface area contributed by atoms with Crippen molar-refractivity contribution in [3.05, 3.63) is 64.7 Å². The fraction of sp³-hybridized carbons (Fsp3) is 0.552. The monoisotopic (exact) mass is 493 g/mol. The summed E-state index contributed by atoms with van der Waals surface area (Å²) in [4.78, 5) is 15.1. The molecule has 0 aliphatic carbocycles. The summed E-state index contributed by atoms with van der Waals surface area (Å²) in [5.74, 6) is 0. The molecule has 1 atom stereocenters. The van der Waals surface area contributed by atoms with Crippen LogP contribution in [0.2, 0.25) is 0 Å². The molecule has 6 nitrogen and oxygen atoms in total. The van der Waals surface area contributed by atoms with Crippen LogP contribution in [0.25, 0.3) is 0 Å². The Morgan fingerprint density at radius 2 is 1.56 bits per heavy atom. The summed E-state index contributed by atoms with van der Waals surface area (Å²) < 4.78 is 18.6. The van der Waals surface area contributed by atoms with Crippen LogP contribution in [0.1, 0.15) is 76.6 Å². The van der Waals surface area contributed by atoms with Gasteiger partial charge in [-0.1, -0.05) is 42.5 Å². The summed E-state index contributed by atoms with van der Waals surface area (Å²) in [6.45, 7) is 16.9. The van der Waals surface area contributed by atoms with E-state index in [1.807, 2.05) is 30.3 Å². The van der Waals surface area contributed by atoms with Crippen LogP contribution in [0.15, 0.2) is 42.5 Å². The third-order valence-corrected chi connectivity index (χ3v) is 7.94. The minimum absolute atomic E-state index is 0.338. The van der Waals surface area contributed by atoms with Crippen LogP contribution in [-0.4, -0.2) is 46.6 Å². The molecule has 2 aliphatic rings. The molecule has 0 saturated carbocycles. The molecule has 2 heterocycles. The van der Waals surface area contributed by atoms with Crippen molar-refractivity contribution >= 4 is 18.7 Å². The van der Waals surface area contributed by atoms with Crippen LogP contribution in [0.3, 0.4) is 0 Å². The Morgan fingerprint density at radius 3 is 2.06 bits per heavy atom. The van der Waals surface area contributed by atoms with Crippen LogP contribution in [-0.2, 0) is 26.2 Å². The number of ether oxygens (including phenoxy) is 1. The smallest absolute Gasteiger partial charge is 0.438 e. The first-order valence-corrected chi connectivity index (χ1v) is 12.8. The highest BCUT2D eigenvalue weighted by atomic mass is 16.7. The predicted molar refractivity (Wildman–Crippen MR) is 142 cm³/mol. The van der Waals surface area contributed by atoms with Gasteiger partial charge in [0.05, 0.1) is 16.8 Å². The first kappa shape index (κ1) is 26.7. The number of nitrogens with zero attached hydrogens (tertiary/aromatic N) is 1. The van der Waals surface area contributed by atoms with E-state index in [0.717, 1.165) is 27.7 Å². The maximum absolute atomic E-state index is 13.3. The highest BCUT2D eigenvalue weighted by Gasteiger charge is 2.52. The van der Waals surface area contributed by atoms with E-state index >= 15 is 0 Å². The molecule has 1 unspecified atom stereocenters. The molecular weight excluding hydrogens is 453 g/mol. The SMILES string of the molecule is Cc1cc(B2OC(C)(C)C(C)(C)O2)cc(C)c1CN1CCC(CC(C)(C)O)(c2ccccc2)OC1=O. The zero-order valence-electron chi connectivity index (χ0n) is 23.0. The van der Waals surface area contributed by atoms with Crippen molar-refractivity contribution in [2.24, 2.45) is 0 Å². The molecule has 7 heteroatoms. The summed E-state index contributed by atoms with van der Waals surface area (Å²) in [5, 5.41) is 10.6. The van der Waals surface area contributed by atoms with Crippen molar-refractivity contribution in [1.29, 1.82) is 0 Å².